The number of nitrogens with zero attached hydrogens (tertiary/aromatic N) is 2. The number of benzene rings is 1. The van der Waals surface area contributed by atoms with Crippen molar-refractivity contribution in [2.75, 3.05) is 5.32 Å². The molecule has 0 saturated carbocycles. The van der Waals surface area contributed by atoms with Crippen LogP contribution >= 0.6 is 15.9 Å². The van der Waals surface area contributed by atoms with Crippen molar-refractivity contribution in [3.63, 3.8) is 0 Å². The molecular formula is C12H6BrF2N3. The van der Waals surface area contributed by atoms with E-state index in [0.29, 0.717) is 10.2 Å². The van der Waals surface area contributed by atoms with E-state index in [0.717, 1.165) is 12.1 Å². The lowest BCUT2D eigenvalue weighted by atomic mass is 10.2. The van der Waals surface area contributed by atoms with E-state index < -0.39 is 11.6 Å². The van der Waals surface area contributed by atoms with Crippen molar-refractivity contribution in [3.8, 4) is 6.07 Å². The molecule has 1 heterocycles. The summed E-state index contributed by atoms with van der Waals surface area (Å²) in [5.41, 5.74) is 0.371. The fraction of sp³-hybridized carbons (Fsp3) is 0. The Morgan fingerprint density at radius 2 is 1.89 bits per heavy atom. The molecule has 1 aromatic heterocycles. The molecule has 18 heavy (non-hydrogen) atoms. The highest BCUT2D eigenvalue weighted by Crippen LogP contribution is 2.26. The molecule has 2 aromatic rings. The Bertz CT molecular complexity index is 597. The normalized spacial score (nSPS) is 9.89. The largest absolute Gasteiger partial charge is 0.349 e. The number of nitrogens with one attached hydrogen (secondary N) is 1. The van der Waals surface area contributed by atoms with E-state index in [1.54, 1.807) is 0 Å². The van der Waals surface area contributed by atoms with E-state index in [4.69, 9.17) is 5.26 Å². The monoisotopic (exact) mass is 309 g/mol. The minimum absolute atomic E-state index is 0.234. The fourth-order valence-electron chi connectivity index (χ4n) is 1.34. The van der Waals surface area contributed by atoms with Crippen LogP contribution in [0.4, 0.5) is 20.2 Å². The van der Waals surface area contributed by atoms with E-state index >= 15 is 0 Å². The number of hydrogen-bond donors (Lipinski definition) is 1. The van der Waals surface area contributed by atoms with Crippen molar-refractivity contribution in [2.24, 2.45) is 0 Å². The van der Waals surface area contributed by atoms with Gasteiger partial charge in [-0.05, 0) is 24.3 Å². The SMILES string of the molecule is N#Cc1ccc(Nc2c(F)cc(Br)cc2F)cn1. The molecule has 90 valence electrons. The number of hydrogen-bond acceptors (Lipinski definition) is 3. The van der Waals surface area contributed by atoms with Crippen LogP contribution in [0.25, 0.3) is 0 Å². The van der Waals surface area contributed by atoms with Crippen molar-refractivity contribution >= 4 is 27.3 Å². The van der Waals surface area contributed by atoms with Crippen LogP contribution in [0.2, 0.25) is 0 Å². The minimum atomic E-state index is -0.716. The first-order chi connectivity index (χ1) is 8.60. The van der Waals surface area contributed by atoms with Gasteiger partial charge in [0.2, 0.25) is 0 Å². The quantitative estimate of drug-likeness (QED) is 0.919. The van der Waals surface area contributed by atoms with Crippen LogP contribution in [0.15, 0.2) is 34.9 Å². The van der Waals surface area contributed by atoms with Gasteiger partial charge in [0.1, 0.15) is 17.5 Å². The predicted octanol–water partition coefficient (Wildman–Crippen LogP) is 3.74. The fourth-order valence-corrected chi connectivity index (χ4v) is 1.74. The lowest BCUT2D eigenvalue weighted by Crippen LogP contribution is -1.98. The van der Waals surface area contributed by atoms with Crippen molar-refractivity contribution in [2.45, 2.75) is 0 Å². The summed E-state index contributed by atoms with van der Waals surface area (Å²) in [5, 5.41) is 11.2. The Labute approximate surface area is 110 Å². The third-order valence-corrected chi connectivity index (χ3v) is 2.61. The lowest BCUT2D eigenvalue weighted by Gasteiger charge is -2.08. The molecule has 1 N–H and O–H groups in total. The van der Waals surface area contributed by atoms with Gasteiger partial charge in [0, 0.05) is 4.47 Å². The number of nitriles is 1. The average Bonchev–Trinajstić information content (AvgIpc) is 2.34. The molecule has 0 fully saturated rings. The van der Waals surface area contributed by atoms with Gasteiger partial charge in [-0.25, -0.2) is 13.8 Å². The Hall–Kier alpha value is -2.00. The summed E-state index contributed by atoms with van der Waals surface area (Å²) in [6.07, 6.45) is 1.33. The van der Waals surface area contributed by atoms with Crippen molar-refractivity contribution in [3.05, 3.63) is 52.3 Å². The molecule has 3 nitrogen and oxygen atoms in total. The maximum Gasteiger partial charge on any atom is 0.150 e. The molecule has 0 unspecified atom stereocenters. The second-order valence-electron chi connectivity index (χ2n) is 3.41. The summed E-state index contributed by atoms with van der Waals surface area (Å²) >= 11 is 3.00. The average molecular weight is 310 g/mol. The lowest BCUT2D eigenvalue weighted by molar-refractivity contribution is 0.589. The minimum Gasteiger partial charge on any atom is -0.349 e. The van der Waals surface area contributed by atoms with E-state index in [2.05, 4.69) is 26.2 Å². The molecule has 0 atom stereocenters. The van der Waals surface area contributed by atoms with E-state index in [9.17, 15) is 8.78 Å². The molecule has 6 heteroatoms. The van der Waals surface area contributed by atoms with Gasteiger partial charge in [-0.1, -0.05) is 15.9 Å². The third kappa shape index (κ3) is 2.63. The van der Waals surface area contributed by atoms with Crippen LogP contribution in [0.1, 0.15) is 5.69 Å². The Kier molecular flexibility index (Phi) is 3.53. The predicted molar refractivity (Wildman–Crippen MR) is 66.3 cm³/mol. The van der Waals surface area contributed by atoms with Gasteiger partial charge >= 0.3 is 0 Å². The molecule has 0 aliphatic rings. The summed E-state index contributed by atoms with van der Waals surface area (Å²) in [6.45, 7) is 0. The summed E-state index contributed by atoms with van der Waals surface area (Å²) < 4.78 is 27.4. The maximum absolute atomic E-state index is 13.5. The van der Waals surface area contributed by atoms with Crippen LogP contribution in [0.5, 0.6) is 0 Å². The van der Waals surface area contributed by atoms with Gasteiger partial charge in [0.25, 0.3) is 0 Å². The number of pyridine rings is 1. The molecule has 0 saturated heterocycles. The van der Waals surface area contributed by atoms with Gasteiger partial charge in [-0.15, -0.1) is 0 Å². The standard InChI is InChI=1S/C12H6BrF2N3/c13-7-3-10(14)12(11(15)4-7)18-9-2-1-8(5-16)17-6-9/h1-4,6,18H. The number of rotatable bonds is 2. The number of anilines is 2. The topological polar surface area (TPSA) is 48.7 Å². The smallest absolute Gasteiger partial charge is 0.150 e. The number of halogens is 3. The molecule has 1 aromatic carbocycles. The summed E-state index contributed by atoms with van der Waals surface area (Å²) in [7, 11) is 0. The van der Waals surface area contributed by atoms with Crippen LogP contribution in [0, 0.1) is 23.0 Å². The summed E-state index contributed by atoms with van der Waals surface area (Å²) in [4.78, 5) is 3.79. The van der Waals surface area contributed by atoms with Gasteiger partial charge in [-0.3, -0.25) is 0 Å². The molecular weight excluding hydrogens is 304 g/mol. The molecule has 0 bridgehead atoms. The summed E-state index contributed by atoms with van der Waals surface area (Å²) in [6, 6.07) is 7.14. The van der Waals surface area contributed by atoms with E-state index in [1.165, 1.54) is 18.3 Å². The highest BCUT2D eigenvalue weighted by molar-refractivity contribution is 9.10. The molecule has 0 radical (unpaired) electrons. The van der Waals surface area contributed by atoms with Crippen LogP contribution in [0.3, 0.4) is 0 Å². The highest BCUT2D eigenvalue weighted by atomic mass is 79.9. The van der Waals surface area contributed by atoms with Gasteiger partial charge in [0.15, 0.2) is 11.6 Å². The zero-order chi connectivity index (χ0) is 13.1. The second-order valence-corrected chi connectivity index (χ2v) is 4.33. The zero-order valence-corrected chi connectivity index (χ0v) is 10.5. The first kappa shape index (κ1) is 12.5. The van der Waals surface area contributed by atoms with E-state index in [-0.39, 0.29) is 11.4 Å². The van der Waals surface area contributed by atoms with Gasteiger partial charge < -0.3 is 5.32 Å². The summed E-state index contributed by atoms with van der Waals surface area (Å²) in [5.74, 6) is -1.43. The third-order valence-electron chi connectivity index (χ3n) is 2.15. The first-order valence-electron chi connectivity index (χ1n) is 4.88. The maximum atomic E-state index is 13.5. The van der Waals surface area contributed by atoms with Crippen LogP contribution in [-0.4, -0.2) is 4.98 Å². The van der Waals surface area contributed by atoms with Crippen LogP contribution in [-0.2, 0) is 0 Å². The Balaban J connectivity index is 2.31. The highest BCUT2D eigenvalue weighted by Gasteiger charge is 2.10. The molecule has 0 spiro atoms. The Morgan fingerprint density at radius 1 is 1.22 bits per heavy atom. The van der Waals surface area contributed by atoms with Gasteiger partial charge in [0.05, 0.1) is 11.9 Å². The number of aromatic nitrogens is 1. The van der Waals surface area contributed by atoms with Gasteiger partial charge in [-0.2, -0.15) is 5.26 Å². The molecule has 0 aliphatic heterocycles. The first-order valence-corrected chi connectivity index (χ1v) is 5.67. The molecule has 0 aliphatic carbocycles. The van der Waals surface area contributed by atoms with Crippen LogP contribution < -0.4 is 5.32 Å². The Morgan fingerprint density at radius 3 is 2.39 bits per heavy atom. The zero-order valence-electron chi connectivity index (χ0n) is 8.92. The van der Waals surface area contributed by atoms with E-state index in [1.807, 2.05) is 6.07 Å². The molecule has 0 amide bonds. The van der Waals surface area contributed by atoms with Crippen molar-refractivity contribution < 1.29 is 8.78 Å². The second kappa shape index (κ2) is 5.10. The van der Waals surface area contributed by atoms with Crippen molar-refractivity contribution in [1.29, 1.82) is 5.26 Å². The van der Waals surface area contributed by atoms with Crippen molar-refractivity contribution in [1.82, 2.24) is 4.98 Å². The molecule has 2 rings (SSSR count).